The van der Waals surface area contributed by atoms with Crippen molar-refractivity contribution >= 4 is 40.7 Å². The van der Waals surface area contributed by atoms with Crippen molar-refractivity contribution in [3.8, 4) is 0 Å². The topological polar surface area (TPSA) is 96.3 Å². The number of anilines is 1. The van der Waals surface area contributed by atoms with E-state index in [4.69, 9.17) is 12.2 Å². The highest BCUT2D eigenvalue weighted by Crippen LogP contribution is 2.14. The Bertz CT molecular complexity index is 824. The van der Waals surface area contributed by atoms with Gasteiger partial charge in [-0.1, -0.05) is 12.1 Å². The van der Waals surface area contributed by atoms with Crippen LogP contribution in [0.4, 0.5) is 15.8 Å². The number of amides is 1. The zero-order valence-electron chi connectivity index (χ0n) is 12.7. The number of nitrogens with zero attached hydrogens (tertiary/aromatic N) is 1. The van der Waals surface area contributed by atoms with E-state index >= 15 is 0 Å². The molecule has 0 atom stereocenters. The van der Waals surface area contributed by atoms with Gasteiger partial charge in [0.25, 0.3) is 11.6 Å². The summed E-state index contributed by atoms with van der Waals surface area (Å²) >= 11 is 4.98. The second kappa shape index (κ2) is 8.50. The predicted octanol–water partition coefficient (Wildman–Crippen LogP) is 2.76. The molecule has 0 aliphatic rings. The minimum absolute atomic E-state index is 0.0645. The first kappa shape index (κ1) is 18.0. The van der Waals surface area contributed by atoms with Crippen LogP contribution in [0, 0.1) is 15.9 Å². The van der Waals surface area contributed by atoms with Gasteiger partial charge in [0.2, 0.25) is 0 Å². The molecule has 2 rings (SSSR count). The van der Waals surface area contributed by atoms with E-state index in [9.17, 15) is 19.3 Å². The first-order valence-corrected chi connectivity index (χ1v) is 7.40. The van der Waals surface area contributed by atoms with Crippen molar-refractivity contribution in [3.05, 3.63) is 76.1 Å². The van der Waals surface area contributed by atoms with Crippen LogP contribution in [0.15, 0.2) is 54.6 Å². The fourth-order valence-corrected chi connectivity index (χ4v) is 1.94. The highest BCUT2D eigenvalue weighted by Gasteiger charge is 2.04. The van der Waals surface area contributed by atoms with Gasteiger partial charge in [-0.25, -0.2) is 4.39 Å². The number of halogens is 1. The van der Waals surface area contributed by atoms with Gasteiger partial charge in [-0.05, 0) is 48.1 Å². The summed E-state index contributed by atoms with van der Waals surface area (Å²) in [5.41, 5.74) is 5.82. The number of hydrogen-bond acceptors (Lipinski definition) is 4. The number of carbonyl (C=O) groups is 1. The Kier molecular flexibility index (Phi) is 6.13. The third-order valence-electron chi connectivity index (χ3n) is 2.91. The third-order valence-corrected chi connectivity index (χ3v) is 3.11. The van der Waals surface area contributed by atoms with Crippen molar-refractivity contribution in [2.24, 2.45) is 0 Å². The van der Waals surface area contributed by atoms with Gasteiger partial charge in [-0.2, -0.15) is 0 Å². The number of hydrazine groups is 1. The molecule has 0 heterocycles. The summed E-state index contributed by atoms with van der Waals surface area (Å²) < 4.78 is 12.8. The first-order chi connectivity index (χ1) is 11.9. The Morgan fingerprint density at radius 1 is 1.16 bits per heavy atom. The van der Waals surface area contributed by atoms with E-state index in [1.54, 1.807) is 6.07 Å². The summed E-state index contributed by atoms with van der Waals surface area (Å²) in [6.45, 7) is 0. The molecule has 0 bridgehead atoms. The van der Waals surface area contributed by atoms with Crippen LogP contribution in [0.25, 0.3) is 6.08 Å². The van der Waals surface area contributed by atoms with Gasteiger partial charge in [0.05, 0.1) is 4.92 Å². The number of nitro benzene ring substituents is 1. The van der Waals surface area contributed by atoms with E-state index in [0.29, 0.717) is 11.3 Å². The molecule has 0 aliphatic carbocycles. The fraction of sp³-hybridized carbons (Fsp3) is 0. The van der Waals surface area contributed by atoms with Crippen LogP contribution in [0.5, 0.6) is 0 Å². The molecule has 128 valence electrons. The molecule has 9 heteroatoms. The molecule has 0 fully saturated rings. The van der Waals surface area contributed by atoms with Gasteiger partial charge in [0, 0.05) is 23.9 Å². The Labute approximate surface area is 147 Å². The summed E-state index contributed by atoms with van der Waals surface area (Å²) in [5.74, 6) is -0.876. The van der Waals surface area contributed by atoms with Crippen molar-refractivity contribution < 1.29 is 14.1 Å². The summed E-state index contributed by atoms with van der Waals surface area (Å²) in [5, 5.41) is 13.6. The van der Waals surface area contributed by atoms with Crippen molar-refractivity contribution in [1.82, 2.24) is 10.9 Å². The number of nitro groups is 1. The number of nitrogens with one attached hydrogen (secondary N) is 3. The van der Waals surface area contributed by atoms with E-state index in [-0.39, 0.29) is 16.6 Å². The highest BCUT2D eigenvalue weighted by atomic mass is 32.1. The molecule has 0 saturated heterocycles. The average Bonchev–Trinajstić information content (AvgIpc) is 2.60. The van der Waals surface area contributed by atoms with E-state index in [1.165, 1.54) is 54.6 Å². The Hall–Kier alpha value is -3.33. The quantitative estimate of drug-likeness (QED) is 0.336. The van der Waals surface area contributed by atoms with Crippen LogP contribution in [0.3, 0.4) is 0 Å². The number of thiocarbonyl (C=S) groups is 1. The normalized spacial score (nSPS) is 10.3. The molecule has 0 saturated carbocycles. The number of carbonyl (C=O) groups excluding carboxylic acids is 1. The second-order valence-electron chi connectivity index (χ2n) is 4.76. The molecule has 25 heavy (non-hydrogen) atoms. The summed E-state index contributed by atoms with van der Waals surface area (Å²) in [6.07, 6.45) is 2.63. The number of rotatable bonds is 4. The number of non-ortho nitro benzene ring substituents is 1. The Morgan fingerprint density at radius 3 is 2.56 bits per heavy atom. The maximum absolute atomic E-state index is 12.8. The van der Waals surface area contributed by atoms with Gasteiger partial charge in [-0.3, -0.25) is 25.8 Å². The summed E-state index contributed by atoms with van der Waals surface area (Å²) in [6, 6.07) is 11.4. The van der Waals surface area contributed by atoms with Crippen LogP contribution < -0.4 is 16.2 Å². The van der Waals surface area contributed by atoms with Crippen molar-refractivity contribution in [2.75, 3.05) is 5.32 Å². The summed E-state index contributed by atoms with van der Waals surface area (Å²) in [4.78, 5) is 21.9. The maximum Gasteiger partial charge on any atom is 0.270 e. The van der Waals surface area contributed by atoms with Crippen LogP contribution >= 0.6 is 12.2 Å². The molecular formula is C16H13FN4O3S. The number of benzene rings is 2. The van der Waals surface area contributed by atoms with E-state index in [0.717, 1.165) is 0 Å². The van der Waals surface area contributed by atoms with E-state index < -0.39 is 10.8 Å². The highest BCUT2D eigenvalue weighted by molar-refractivity contribution is 7.80. The lowest BCUT2D eigenvalue weighted by Crippen LogP contribution is -2.43. The first-order valence-electron chi connectivity index (χ1n) is 6.99. The van der Waals surface area contributed by atoms with Crippen LogP contribution in [0.2, 0.25) is 0 Å². The Morgan fingerprint density at radius 2 is 1.88 bits per heavy atom. The lowest BCUT2D eigenvalue weighted by molar-refractivity contribution is -0.384. The molecule has 0 unspecified atom stereocenters. The van der Waals surface area contributed by atoms with Crippen LogP contribution in [0.1, 0.15) is 5.56 Å². The molecule has 7 nitrogen and oxygen atoms in total. The fourth-order valence-electron chi connectivity index (χ4n) is 1.77. The Balaban J connectivity index is 1.83. The van der Waals surface area contributed by atoms with Gasteiger partial charge in [0.1, 0.15) is 5.82 Å². The van der Waals surface area contributed by atoms with Crippen molar-refractivity contribution in [3.63, 3.8) is 0 Å². The minimum Gasteiger partial charge on any atom is -0.331 e. The molecular weight excluding hydrogens is 347 g/mol. The van der Waals surface area contributed by atoms with Crippen LogP contribution in [-0.4, -0.2) is 15.9 Å². The minimum atomic E-state index is -0.515. The molecule has 0 radical (unpaired) electrons. The maximum atomic E-state index is 12.8. The lowest BCUT2D eigenvalue weighted by atomic mass is 10.2. The van der Waals surface area contributed by atoms with Crippen LogP contribution in [-0.2, 0) is 4.79 Å². The standard InChI is InChI=1S/C16H13FN4O3S/c17-12-5-7-13(8-6-12)18-16(25)20-19-15(22)9-4-11-2-1-3-14(10-11)21(23)24/h1-10H,(H,19,22)(H2,18,20,25)/b9-4+. The molecule has 2 aromatic carbocycles. The molecule has 0 aromatic heterocycles. The molecule has 0 aliphatic heterocycles. The van der Waals surface area contributed by atoms with E-state index in [1.807, 2.05) is 0 Å². The predicted molar refractivity (Wildman–Crippen MR) is 96.0 cm³/mol. The third kappa shape index (κ3) is 5.99. The molecule has 0 spiro atoms. The van der Waals surface area contributed by atoms with Crippen molar-refractivity contribution in [1.29, 1.82) is 0 Å². The SMILES string of the molecule is O=C(/C=C/c1cccc([N+](=O)[O-])c1)NNC(=S)Nc1ccc(F)cc1. The smallest absolute Gasteiger partial charge is 0.270 e. The average molecular weight is 360 g/mol. The monoisotopic (exact) mass is 360 g/mol. The van der Waals surface area contributed by atoms with Gasteiger partial charge in [-0.15, -0.1) is 0 Å². The molecule has 2 aromatic rings. The summed E-state index contributed by atoms with van der Waals surface area (Å²) in [7, 11) is 0. The van der Waals surface area contributed by atoms with Gasteiger partial charge in [0.15, 0.2) is 5.11 Å². The van der Waals surface area contributed by atoms with Gasteiger partial charge >= 0.3 is 0 Å². The molecule has 1 amide bonds. The number of hydrogen-bond donors (Lipinski definition) is 3. The van der Waals surface area contributed by atoms with Gasteiger partial charge < -0.3 is 5.32 Å². The second-order valence-corrected chi connectivity index (χ2v) is 5.17. The lowest BCUT2D eigenvalue weighted by Gasteiger charge is -2.10. The largest absolute Gasteiger partial charge is 0.331 e. The zero-order valence-corrected chi connectivity index (χ0v) is 13.5. The van der Waals surface area contributed by atoms with Crippen molar-refractivity contribution in [2.45, 2.75) is 0 Å². The molecule has 3 N–H and O–H groups in total. The zero-order chi connectivity index (χ0) is 18.2. The van der Waals surface area contributed by atoms with E-state index in [2.05, 4.69) is 16.2 Å².